The molecule has 1 fully saturated rings. The Morgan fingerprint density at radius 1 is 0.879 bits per heavy atom. The van der Waals surface area contributed by atoms with E-state index in [2.05, 4.69) is 27.7 Å². The van der Waals surface area contributed by atoms with Crippen molar-refractivity contribution in [3.8, 4) is 11.1 Å². The topological polar surface area (TPSA) is 70.7 Å². The van der Waals surface area contributed by atoms with E-state index in [1.807, 2.05) is 54.6 Å². The molecule has 1 aliphatic heterocycles. The van der Waals surface area contributed by atoms with E-state index in [-0.39, 0.29) is 12.0 Å². The van der Waals surface area contributed by atoms with Gasteiger partial charge in [-0.25, -0.2) is 9.59 Å². The fourth-order valence-electron chi connectivity index (χ4n) is 4.09. The van der Waals surface area contributed by atoms with Gasteiger partial charge in [0.25, 0.3) is 0 Å². The zero-order valence-electron chi connectivity index (χ0n) is 18.8. The van der Waals surface area contributed by atoms with Crippen molar-refractivity contribution in [3.63, 3.8) is 0 Å². The van der Waals surface area contributed by atoms with Crippen LogP contribution >= 0.6 is 0 Å². The summed E-state index contributed by atoms with van der Waals surface area (Å²) >= 11 is 0. The third kappa shape index (κ3) is 5.71. The molecule has 1 heterocycles. The van der Waals surface area contributed by atoms with Crippen molar-refractivity contribution in [1.29, 1.82) is 0 Å². The lowest BCUT2D eigenvalue weighted by Crippen LogP contribution is -2.29. The van der Waals surface area contributed by atoms with Crippen LogP contribution < -0.4 is 15.5 Å². The van der Waals surface area contributed by atoms with E-state index in [1.165, 1.54) is 32.1 Å². The van der Waals surface area contributed by atoms with Gasteiger partial charge in [0, 0.05) is 31.0 Å². The summed E-state index contributed by atoms with van der Waals surface area (Å²) in [5.41, 5.74) is 5.19. The number of methoxy groups -OCH3 is 1. The van der Waals surface area contributed by atoms with Crippen LogP contribution in [-0.4, -0.2) is 32.2 Å². The summed E-state index contributed by atoms with van der Waals surface area (Å²) in [6, 6.07) is 22.9. The predicted octanol–water partition coefficient (Wildman–Crippen LogP) is 5.45. The zero-order valence-corrected chi connectivity index (χ0v) is 18.8. The molecule has 2 amide bonds. The summed E-state index contributed by atoms with van der Waals surface area (Å²) in [6.45, 7) is 2.59. The van der Waals surface area contributed by atoms with Gasteiger partial charge in [-0.15, -0.1) is 0 Å². The molecule has 0 atom stereocenters. The predicted molar refractivity (Wildman–Crippen MR) is 132 cm³/mol. The number of hydrogen-bond acceptors (Lipinski definition) is 4. The van der Waals surface area contributed by atoms with Gasteiger partial charge in [0.15, 0.2) is 0 Å². The van der Waals surface area contributed by atoms with Gasteiger partial charge in [-0.1, -0.05) is 42.5 Å². The Balaban J connectivity index is 1.31. The Hall–Kier alpha value is -3.80. The molecule has 3 aromatic carbocycles. The number of ether oxygens (including phenoxy) is 1. The molecule has 0 unspecified atom stereocenters. The molecular weight excluding hydrogens is 414 g/mol. The van der Waals surface area contributed by atoms with E-state index in [0.29, 0.717) is 12.1 Å². The van der Waals surface area contributed by atoms with Crippen molar-refractivity contribution < 1.29 is 14.3 Å². The number of esters is 1. The third-order valence-corrected chi connectivity index (χ3v) is 5.90. The molecule has 0 aromatic heterocycles. The quantitative estimate of drug-likeness (QED) is 0.497. The largest absolute Gasteiger partial charge is 0.465 e. The Labute approximate surface area is 194 Å². The van der Waals surface area contributed by atoms with Gasteiger partial charge in [0.2, 0.25) is 0 Å². The molecule has 4 rings (SSSR count). The minimum atomic E-state index is -0.364. The first-order chi connectivity index (χ1) is 16.1. The van der Waals surface area contributed by atoms with E-state index in [0.717, 1.165) is 35.5 Å². The molecule has 33 heavy (non-hydrogen) atoms. The molecule has 6 heteroatoms. The number of amides is 2. The number of benzene rings is 3. The molecule has 170 valence electrons. The van der Waals surface area contributed by atoms with Crippen LogP contribution in [0.1, 0.15) is 35.2 Å². The van der Waals surface area contributed by atoms with Crippen LogP contribution in [0, 0.1) is 0 Å². The average Bonchev–Trinajstić information content (AvgIpc) is 2.88. The fourth-order valence-corrected chi connectivity index (χ4v) is 4.09. The summed E-state index contributed by atoms with van der Waals surface area (Å²) in [7, 11) is 1.38. The second-order valence-corrected chi connectivity index (χ2v) is 8.14. The second-order valence-electron chi connectivity index (χ2n) is 8.14. The van der Waals surface area contributed by atoms with Crippen molar-refractivity contribution in [3.05, 3.63) is 83.9 Å². The molecule has 0 spiro atoms. The third-order valence-electron chi connectivity index (χ3n) is 5.90. The van der Waals surface area contributed by atoms with E-state index < -0.39 is 0 Å². The number of piperidine rings is 1. The van der Waals surface area contributed by atoms with Crippen LogP contribution in [0.5, 0.6) is 0 Å². The van der Waals surface area contributed by atoms with Crippen LogP contribution in [0.4, 0.5) is 16.2 Å². The molecule has 2 N–H and O–H groups in total. The van der Waals surface area contributed by atoms with E-state index >= 15 is 0 Å². The summed E-state index contributed by atoms with van der Waals surface area (Å²) in [4.78, 5) is 26.7. The Bertz CT molecular complexity index is 1090. The second kappa shape index (κ2) is 10.7. The maximum absolute atomic E-state index is 12.3. The van der Waals surface area contributed by atoms with Crippen molar-refractivity contribution in [2.45, 2.75) is 25.8 Å². The summed E-state index contributed by atoms with van der Waals surface area (Å²) in [5.74, 6) is -0.364. The molecule has 1 aliphatic rings. The Kier molecular flexibility index (Phi) is 7.25. The molecule has 1 saturated heterocycles. The SMILES string of the molecule is COC(=O)c1ccccc1-c1ccc(CNC(=O)Nc2ccc(N3CCCCC3)cc2)cc1. The first kappa shape index (κ1) is 22.4. The Morgan fingerprint density at radius 2 is 1.58 bits per heavy atom. The first-order valence-electron chi connectivity index (χ1n) is 11.3. The highest BCUT2D eigenvalue weighted by molar-refractivity contribution is 5.97. The van der Waals surface area contributed by atoms with Crippen molar-refractivity contribution in [2.24, 2.45) is 0 Å². The number of anilines is 2. The summed E-state index contributed by atoms with van der Waals surface area (Å²) < 4.78 is 4.88. The highest BCUT2D eigenvalue weighted by atomic mass is 16.5. The van der Waals surface area contributed by atoms with Gasteiger partial charge in [-0.2, -0.15) is 0 Å². The lowest BCUT2D eigenvalue weighted by atomic mass is 9.99. The minimum Gasteiger partial charge on any atom is -0.465 e. The maximum Gasteiger partial charge on any atom is 0.338 e. The number of urea groups is 1. The minimum absolute atomic E-state index is 0.249. The number of carbonyl (C=O) groups excluding carboxylic acids is 2. The molecule has 0 saturated carbocycles. The number of hydrogen-bond donors (Lipinski definition) is 2. The van der Waals surface area contributed by atoms with E-state index in [1.54, 1.807) is 6.07 Å². The normalized spacial score (nSPS) is 13.3. The van der Waals surface area contributed by atoms with Gasteiger partial charge in [0.05, 0.1) is 12.7 Å². The lowest BCUT2D eigenvalue weighted by Gasteiger charge is -2.28. The van der Waals surface area contributed by atoms with E-state index in [9.17, 15) is 9.59 Å². The fraction of sp³-hybridized carbons (Fsp3) is 0.259. The molecule has 0 radical (unpaired) electrons. The molecule has 0 aliphatic carbocycles. The van der Waals surface area contributed by atoms with Crippen LogP contribution in [0.25, 0.3) is 11.1 Å². The highest BCUT2D eigenvalue weighted by Gasteiger charge is 2.13. The van der Waals surface area contributed by atoms with Gasteiger partial charge < -0.3 is 20.3 Å². The van der Waals surface area contributed by atoms with Crippen molar-refractivity contribution in [1.82, 2.24) is 5.32 Å². The van der Waals surface area contributed by atoms with Gasteiger partial charge in [-0.05, 0) is 66.3 Å². The monoisotopic (exact) mass is 443 g/mol. The molecule has 3 aromatic rings. The number of nitrogens with one attached hydrogen (secondary N) is 2. The van der Waals surface area contributed by atoms with Gasteiger partial charge in [-0.3, -0.25) is 0 Å². The van der Waals surface area contributed by atoms with Crippen LogP contribution in [0.15, 0.2) is 72.8 Å². The number of nitrogens with zero attached hydrogens (tertiary/aromatic N) is 1. The zero-order chi connectivity index (χ0) is 23.0. The maximum atomic E-state index is 12.3. The van der Waals surface area contributed by atoms with Crippen LogP contribution in [-0.2, 0) is 11.3 Å². The average molecular weight is 444 g/mol. The summed E-state index contributed by atoms with van der Waals surface area (Å²) in [5, 5.41) is 5.77. The lowest BCUT2D eigenvalue weighted by molar-refractivity contribution is 0.0601. The summed E-state index contributed by atoms with van der Waals surface area (Å²) in [6.07, 6.45) is 3.78. The molecular formula is C27H29N3O3. The number of carbonyl (C=O) groups is 2. The van der Waals surface area contributed by atoms with Crippen LogP contribution in [0.3, 0.4) is 0 Å². The molecule has 6 nitrogen and oxygen atoms in total. The van der Waals surface area contributed by atoms with Gasteiger partial charge in [0.1, 0.15) is 0 Å². The smallest absolute Gasteiger partial charge is 0.338 e. The molecule has 0 bridgehead atoms. The number of rotatable bonds is 6. The Morgan fingerprint density at radius 3 is 2.27 bits per heavy atom. The van der Waals surface area contributed by atoms with Crippen molar-refractivity contribution in [2.75, 3.05) is 30.4 Å². The van der Waals surface area contributed by atoms with Crippen molar-refractivity contribution >= 4 is 23.4 Å². The van der Waals surface area contributed by atoms with Gasteiger partial charge >= 0.3 is 12.0 Å². The highest BCUT2D eigenvalue weighted by Crippen LogP contribution is 2.25. The standard InChI is InChI=1S/C27H29N3O3/c1-33-26(31)25-8-4-3-7-24(25)21-11-9-20(10-12-21)19-28-27(32)29-22-13-15-23(16-14-22)30-17-5-2-6-18-30/h3-4,7-16H,2,5-6,17-19H2,1H3,(H2,28,29,32). The van der Waals surface area contributed by atoms with Crippen LogP contribution in [0.2, 0.25) is 0 Å². The van der Waals surface area contributed by atoms with E-state index in [4.69, 9.17) is 4.74 Å². The first-order valence-corrected chi connectivity index (χ1v) is 11.3.